The van der Waals surface area contributed by atoms with Crippen LogP contribution in [0.3, 0.4) is 0 Å². The van der Waals surface area contributed by atoms with Gasteiger partial charge in [0.05, 0.1) is 16.8 Å². The minimum Gasteiger partial charge on any atom is -0.390 e. The fourth-order valence-corrected chi connectivity index (χ4v) is 4.13. The fraction of sp³-hybridized carbons (Fsp3) is 0.800. The van der Waals surface area contributed by atoms with Crippen LogP contribution in [0.15, 0.2) is 5.38 Å². The first-order valence-corrected chi connectivity index (χ1v) is 8.72. The molecule has 1 N–H and O–H groups in total. The third-order valence-corrected chi connectivity index (χ3v) is 5.52. The third-order valence-electron chi connectivity index (χ3n) is 4.48. The largest absolute Gasteiger partial charge is 0.390 e. The van der Waals surface area contributed by atoms with Gasteiger partial charge >= 0.3 is 0 Å². The molecule has 0 bridgehead atoms. The summed E-state index contributed by atoms with van der Waals surface area (Å²) in [5.41, 5.74) is 1.17. The van der Waals surface area contributed by atoms with Crippen LogP contribution >= 0.6 is 11.3 Å². The van der Waals surface area contributed by atoms with Gasteiger partial charge in [-0.2, -0.15) is 0 Å². The molecule has 3 heterocycles. The summed E-state index contributed by atoms with van der Waals surface area (Å²) in [5.74, 6) is 0. The molecule has 112 valence electrons. The fourth-order valence-electron chi connectivity index (χ4n) is 3.40. The van der Waals surface area contributed by atoms with Crippen molar-refractivity contribution >= 4 is 11.3 Å². The number of aryl methyl sites for hydroxylation is 1. The van der Waals surface area contributed by atoms with Gasteiger partial charge in [-0.25, -0.2) is 4.98 Å². The van der Waals surface area contributed by atoms with Gasteiger partial charge in [0.15, 0.2) is 0 Å². The third kappa shape index (κ3) is 3.22. The highest BCUT2D eigenvalue weighted by Crippen LogP contribution is 2.22. The second-order valence-corrected chi connectivity index (χ2v) is 6.95. The van der Waals surface area contributed by atoms with Crippen LogP contribution in [0.2, 0.25) is 0 Å². The second-order valence-electron chi connectivity index (χ2n) is 6.01. The average molecular weight is 295 g/mol. The number of hydrogen-bond donors (Lipinski definition) is 1. The average Bonchev–Trinajstić information content (AvgIpc) is 3.07. The minimum atomic E-state index is -0.197. The molecule has 1 aromatic heterocycles. The lowest BCUT2D eigenvalue weighted by atomic mass is 10.1. The quantitative estimate of drug-likeness (QED) is 0.918. The maximum Gasteiger partial charge on any atom is 0.0926 e. The van der Waals surface area contributed by atoms with E-state index in [0.717, 1.165) is 39.1 Å². The van der Waals surface area contributed by atoms with Gasteiger partial charge in [0, 0.05) is 31.1 Å². The second kappa shape index (κ2) is 6.52. The zero-order valence-electron chi connectivity index (χ0n) is 12.3. The van der Waals surface area contributed by atoms with Crippen molar-refractivity contribution in [1.82, 2.24) is 14.8 Å². The molecule has 3 rings (SSSR count). The lowest BCUT2D eigenvalue weighted by Gasteiger charge is -2.33. The topological polar surface area (TPSA) is 39.6 Å². The Morgan fingerprint density at radius 2 is 2.10 bits per heavy atom. The molecule has 2 atom stereocenters. The predicted molar refractivity (Wildman–Crippen MR) is 82.0 cm³/mol. The monoisotopic (exact) mass is 295 g/mol. The summed E-state index contributed by atoms with van der Waals surface area (Å²) < 4.78 is 0. The number of aliphatic hydroxyl groups is 1. The van der Waals surface area contributed by atoms with E-state index in [1.807, 2.05) is 0 Å². The summed E-state index contributed by atoms with van der Waals surface area (Å²) >= 11 is 1.75. The molecule has 0 spiro atoms. The molecule has 1 aromatic rings. The zero-order chi connectivity index (χ0) is 13.9. The Morgan fingerprint density at radius 3 is 2.80 bits per heavy atom. The van der Waals surface area contributed by atoms with Crippen molar-refractivity contribution in [3.8, 4) is 0 Å². The number of nitrogens with zero attached hydrogens (tertiary/aromatic N) is 3. The standard InChI is InChI=1S/C15H25N3OS/c1-2-15-16-12(11-20-15)8-17-9-13(14(19)10-17)18-6-4-3-5-7-18/h11,13-14,19H,2-10H2,1H3/t13-,14-/m0/s1. The van der Waals surface area contributed by atoms with E-state index in [1.54, 1.807) is 11.3 Å². The molecule has 5 heteroatoms. The molecule has 0 aliphatic carbocycles. The van der Waals surface area contributed by atoms with E-state index < -0.39 is 0 Å². The van der Waals surface area contributed by atoms with Crippen LogP contribution in [0.5, 0.6) is 0 Å². The Balaban J connectivity index is 1.57. The van der Waals surface area contributed by atoms with E-state index in [0.29, 0.717) is 6.04 Å². The summed E-state index contributed by atoms with van der Waals surface area (Å²) in [6.45, 7) is 7.13. The van der Waals surface area contributed by atoms with Gasteiger partial charge in [-0.05, 0) is 32.4 Å². The summed E-state index contributed by atoms with van der Waals surface area (Å²) in [7, 11) is 0. The number of likely N-dealkylation sites (tertiary alicyclic amines) is 2. The first-order valence-electron chi connectivity index (χ1n) is 7.84. The number of β-amino-alcohol motifs (C(OH)–C–C–N with tert-alkyl or cyclic N) is 1. The van der Waals surface area contributed by atoms with Crippen LogP contribution in [-0.4, -0.2) is 58.2 Å². The van der Waals surface area contributed by atoms with Crippen molar-refractivity contribution < 1.29 is 5.11 Å². The molecule has 20 heavy (non-hydrogen) atoms. The molecule has 0 radical (unpaired) electrons. The van der Waals surface area contributed by atoms with E-state index in [1.165, 1.54) is 30.0 Å². The molecule has 2 saturated heterocycles. The van der Waals surface area contributed by atoms with Gasteiger partial charge in [-0.1, -0.05) is 13.3 Å². The van der Waals surface area contributed by atoms with Crippen LogP contribution in [0.25, 0.3) is 0 Å². The Hall–Kier alpha value is -0.490. The van der Waals surface area contributed by atoms with Gasteiger partial charge in [0.25, 0.3) is 0 Å². The van der Waals surface area contributed by atoms with E-state index in [-0.39, 0.29) is 6.10 Å². The smallest absolute Gasteiger partial charge is 0.0926 e. The van der Waals surface area contributed by atoms with E-state index in [4.69, 9.17) is 0 Å². The number of aromatic nitrogens is 1. The molecule has 4 nitrogen and oxygen atoms in total. The highest BCUT2D eigenvalue weighted by molar-refractivity contribution is 7.09. The number of aliphatic hydroxyl groups excluding tert-OH is 1. The maximum absolute atomic E-state index is 10.3. The molecule has 0 aromatic carbocycles. The number of hydrogen-bond acceptors (Lipinski definition) is 5. The summed E-state index contributed by atoms with van der Waals surface area (Å²) in [4.78, 5) is 9.49. The van der Waals surface area contributed by atoms with Crippen LogP contribution < -0.4 is 0 Å². The van der Waals surface area contributed by atoms with Crippen molar-refractivity contribution in [2.75, 3.05) is 26.2 Å². The Morgan fingerprint density at radius 1 is 1.30 bits per heavy atom. The first-order chi connectivity index (χ1) is 9.76. The SMILES string of the molecule is CCc1nc(CN2C[C@H](O)[C@@H](N3CCCCC3)C2)cs1. The zero-order valence-corrected chi connectivity index (χ0v) is 13.1. The Kier molecular flexibility index (Phi) is 4.71. The molecule has 2 aliphatic rings. The van der Waals surface area contributed by atoms with Crippen LogP contribution in [0.4, 0.5) is 0 Å². The lowest BCUT2D eigenvalue weighted by molar-refractivity contribution is 0.0706. The number of thiazole rings is 1. The van der Waals surface area contributed by atoms with Gasteiger partial charge < -0.3 is 5.11 Å². The summed E-state index contributed by atoms with van der Waals surface area (Å²) in [5, 5.41) is 13.7. The van der Waals surface area contributed by atoms with Crippen molar-refractivity contribution in [2.45, 2.75) is 51.3 Å². The highest BCUT2D eigenvalue weighted by atomic mass is 32.1. The molecule has 2 aliphatic heterocycles. The lowest BCUT2D eigenvalue weighted by Crippen LogP contribution is -2.45. The number of piperidine rings is 1. The summed E-state index contributed by atoms with van der Waals surface area (Å²) in [6.07, 6.45) is 4.74. The number of rotatable bonds is 4. The Bertz CT molecular complexity index is 431. The Labute approximate surface area is 125 Å². The van der Waals surface area contributed by atoms with Gasteiger partial charge in [0.2, 0.25) is 0 Å². The summed E-state index contributed by atoms with van der Waals surface area (Å²) in [6, 6.07) is 0.333. The van der Waals surface area contributed by atoms with Crippen LogP contribution in [-0.2, 0) is 13.0 Å². The van der Waals surface area contributed by atoms with E-state index >= 15 is 0 Å². The molecular weight excluding hydrogens is 270 g/mol. The maximum atomic E-state index is 10.3. The predicted octanol–water partition coefficient (Wildman–Crippen LogP) is 1.74. The molecule has 2 fully saturated rings. The molecular formula is C15H25N3OS. The van der Waals surface area contributed by atoms with E-state index in [9.17, 15) is 5.11 Å². The first kappa shape index (κ1) is 14.4. The molecule has 0 unspecified atom stereocenters. The van der Waals surface area contributed by atoms with Crippen LogP contribution in [0, 0.1) is 0 Å². The van der Waals surface area contributed by atoms with E-state index in [2.05, 4.69) is 27.1 Å². The van der Waals surface area contributed by atoms with Crippen molar-refractivity contribution in [3.63, 3.8) is 0 Å². The highest BCUT2D eigenvalue weighted by Gasteiger charge is 2.35. The van der Waals surface area contributed by atoms with Crippen molar-refractivity contribution in [3.05, 3.63) is 16.1 Å². The molecule has 0 saturated carbocycles. The van der Waals surface area contributed by atoms with Crippen LogP contribution in [0.1, 0.15) is 36.9 Å². The van der Waals surface area contributed by atoms with Gasteiger partial charge in [0.1, 0.15) is 0 Å². The normalized spacial score (nSPS) is 29.1. The van der Waals surface area contributed by atoms with Gasteiger partial charge in [-0.15, -0.1) is 11.3 Å². The minimum absolute atomic E-state index is 0.197. The van der Waals surface area contributed by atoms with Crippen molar-refractivity contribution in [1.29, 1.82) is 0 Å². The molecule has 0 amide bonds. The van der Waals surface area contributed by atoms with Crippen molar-refractivity contribution in [2.24, 2.45) is 0 Å². The van der Waals surface area contributed by atoms with Gasteiger partial charge in [-0.3, -0.25) is 9.80 Å².